The van der Waals surface area contributed by atoms with Crippen molar-refractivity contribution < 1.29 is 9.59 Å². The highest BCUT2D eigenvalue weighted by atomic mass is 16.2. The molecule has 1 saturated carbocycles. The first-order valence-electron chi connectivity index (χ1n) is 6.65. The predicted molar refractivity (Wildman–Crippen MR) is 68.7 cm³/mol. The zero-order valence-electron chi connectivity index (χ0n) is 10.8. The van der Waals surface area contributed by atoms with Crippen LogP contribution in [0.2, 0.25) is 0 Å². The summed E-state index contributed by atoms with van der Waals surface area (Å²) in [4.78, 5) is 23.3. The fourth-order valence-corrected chi connectivity index (χ4v) is 2.17. The maximum absolute atomic E-state index is 11.8. The van der Waals surface area contributed by atoms with Crippen LogP contribution in [-0.4, -0.2) is 25.0 Å². The van der Waals surface area contributed by atoms with Crippen LogP contribution in [0, 0.1) is 11.8 Å². The van der Waals surface area contributed by atoms with E-state index in [-0.39, 0.29) is 11.8 Å². The molecule has 100 valence electrons. The Bertz CT molecular complexity index is 355. The van der Waals surface area contributed by atoms with E-state index in [0.717, 1.165) is 25.9 Å². The maximum atomic E-state index is 11.8. The number of imide groups is 1. The van der Waals surface area contributed by atoms with Gasteiger partial charge in [0.1, 0.15) is 0 Å². The molecular formula is C13H21N3O2. The van der Waals surface area contributed by atoms with Gasteiger partial charge < -0.3 is 10.6 Å². The normalized spacial score (nSPS) is 21.5. The fourth-order valence-electron chi connectivity index (χ4n) is 2.17. The summed E-state index contributed by atoms with van der Waals surface area (Å²) < 4.78 is 0. The van der Waals surface area contributed by atoms with Gasteiger partial charge in [-0.2, -0.15) is 0 Å². The van der Waals surface area contributed by atoms with E-state index in [9.17, 15) is 9.59 Å². The highest BCUT2D eigenvalue weighted by Gasteiger charge is 2.24. The third-order valence-corrected chi connectivity index (χ3v) is 3.60. The number of allylic oxidation sites excluding steroid dienone is 1. The van der Waals surface area contributed by atoms with Crippen LogP contribution in [0.1, 0.15) is 32.6 Å². The van der Waals surface area contributed by atoms with Gasteiger partial charge in [0.15, 0.2) is 0 Å². The van der Waals surface area contributed by atoms with Crippen molar-refractivity contribution in [3.05, 3.63) is 11.8 Å². The van der Waals surface area contributed by atoms with Gasteiger partial charge in [-0.3, -0.25) is 10.1 Å². The van der Waals surface area contributed by atoms with E-state index in [1.54, 1.807) is 6.20 Å². The molecule has 2 fully saturated rings. The van der Waals surface area contributed by atoms with Gasteiger partial charge in [-0.15, -0.1) is 0 Å². The van der Waals surface area contributed by atoms with Crippen LogP contribution < -0.4 is 16.0 Å². The summed E-state index contributed by atoms with van der Waals surface area (Å²) in [6, 6.07) is -0.418. The molecule has 5 nitrogen and oxygen atoms in total. The lowest BCUT2D eigenvalue weighted by Gasteiger charge is -2.21. The standard InChI is InChI=1S/C13H21N3O2/c1-9(10-2-3-10)8-15-13(18)16-12(17)11-4-6-14-7-5-11/h8,10-11,14H,2-7H2,1H3,(H2,15,16,17,18)/b9-8+. The summed E-state index contributed by atoms with van der Waals surface area (Å²) in [5.41, 5.74) is 1.18. The van der Waals surface area contributed by atoms with Gasteiger partial charge in [-0.05, 0) is 51.6 Å². The monoisotopic (exact) mass is 251 g/mol. The molecule has 0 aromatic heterocycles. The van der Waals surface area contributed by atoms with E-state index in [1.165, 1.54) is 18.4 Å². The molecule has 1 aliphatic heterocycles. The van der Waals surface area contributed by atoms with Crippen molar-refractivity contribution in [2.45, 2.75) is 32.6 Å². The van der Waals surface area contributed by atoms with Crippen molar-refractivity contribution in [2.75, 3.05) is 13.1 Å². The third-order valence-electron chi connectivity index (χ3n) is 3.60. The number of rotatable bonds is 3. The second kappa shape index (κ2) is 6.00. The average Bonchev–Trinajstić information content (AvgIpc) is 3.21. The van der Waals surface area contributed by atoms with Crippen LogP contribution >= 0.6 is 0 Å². The Morgan fingerprint density at radius 3 is 2.39 bits per heavy atom. The van der Waals surface area contributed by atoms with E-state index in [0.29, 0.717) is 5.92 Å². The van der Waals surface area contributed by atoms with Crippen molar-refractivity contribution >= 4 is 11.9 Å². The third kappa shape index (κ3) is 3.84. The van der Waals surface area contributed by atoms with E-state index in [2.05, 4.69) is 16.0 Å². The second-order valence-corrected chi connectivity index (χ2v) is 5.15. The average molecular weight is 251 g/mol. The van der Waals surface area contributed by atoms with Crippen LogP contribution in [0.3, 0.4) is 0 Å². The highest BCUT2D eigenvalue weighted by Crippen LogP contribution is 2.35. The fraction of sp³-hybridized carbons (Fsp3) is 0.692. The minimum absolute atomic E-state index is 0.0366. The molecule has 3 amide bonds. The maximum Gasteiger partial charge on any atom is 0.325 e. The Kier molecular flexibility index (Phi) is 4.36. The van der Waals surface area contributed by atoms with E-state index < -0.39 is 6.03 Å². The molecule has 0 aromatic rings. The molecule has 0 atom stereocenters. The van der Waals surface area contributed by atoms with Crippen LogP contribution in [0.25, 0.3) is 0 Å². The minimum Gasteiger partial charge on any atom is -0.317 e. The van der Waals surface area contributed by atoms with E-state index in [1.807, 2.05) is 6.92 Å². The molecule has 0 spiro atoms. The Morgan fingerprint density at radius 1 is 1.11 bits per heavy atom. The van der Waals surface area contributed by atoms with Crippen molar-refractivity contribution in [1.82, 2.24) is 16.0 Å². The summed E-state index contributed by atoms with van der Waals surface area (Å²) >= 11 is 0. The lowest BCUT2D eigenvalue weighted by atomic mass is 9.97. The van der Waals surface area contributed by atoms with Gasteiger partial charge in [-0.25, -0.2) is 4.79 Å². The molecular weight excluding hydrogens is 230 g/mol. The van der Waals surface area contributed by atoms with Crippen molar-refractivity contribution in [3.63, 3.8) is 0 Å². The molecule has 1 aliphatic carbocycles. The molecule has 0 aromatic carbocycles. The van der Waals surface area contributed by atoms with Crippen LogP contribution in [0.5, 0.6) is 0 Å². The quantitative estimate of drug-likeness (QED) is 0.704. The number of urea groups is 1. The number of nitrogens with one attached hydrogen (secondary N) is 3. The van der Waals surface area contributed by atoms with Gasteiger partial charge in [-0.1, -0.05) is 5.57 Å². The molecule has 0 bridgehead atoms. The van der Waals surface area contributed by atoms with Crippen molar-refractivity contribution in [2.24, 2.45) is 11.8 Å². The largest absolute Gasteiger partial charge is 0.325 e. The highest BCUT2D eigenvalue weighted by molar-refractivity contribution is 5.95. The molecule has 2 aliphatic rings. The zero-order valence-corrected chi connectivity index (χ0v) is 10.8. The molecule has 2 rings (SSSR count). The first-order valence-corrected chi connectivity index (χ1v) is 6.65. The molecule has 3 N–H and O–H groups in total. The molecule has 18 heavy (non-hydrogen) atoms. The summed E-state index contributed by atoms with van der Waals surface area (Å²) in [6.07, 6.45) is 5.73. The van der Waals surface area contributed by atoms with Gasteiger partial charge >= 0.3 is 6.03 Å². The lowest BCUT2D eigenvalue weighted by Crippen LogP contribution is -2.43. The van der Waals surface area contributed by atoms with Gasteiger partial charge in [0, 0.05) is 12.1 Å². The van der Waals surface area contributed by atoms with Crippen LogP contribution in [0.15, 0.2) is 11.8 Å². The Morgan fingerprint density at radius 2 is 1.78 bits per heavy atom. The predicted octanol–water partition coefficient (Wildman–Crippen LogP) is 1.13. The summed E-state index contributed by atoms with van der Waals surface area (Å²) in [7, 11) is 0. The second-order valence-electron chi connectivity index (χ2n) is 5.15. The Hall–Kier alpha value is -1.36. The number of hydrogen-bond donors (Lipinski definition) is 3. The number of carbonyl (C=O) groups is 2. The smallest absolute Gasteiger partial charge is 0.317 e. The molecule has 0 unspecified atom stereocenters. The van der Waals surface area contributed by atoms with Crippen LogP contribution in [-0.2, 0) is 4.79 Å². The molecule has 1 heterocycles. The zero-order chi connectivity index (χ0) is 13.0. The van der Waals surface area contributed by atoms with Crippen molar-refractivity contribution in [3.8, 4) is 0 Å². The molecule has 5 heteroatoms. The number of amides is 3. The Labute approximate surface area is 107 Å². The number of piperidine rings is 1. The van der Waals surface area contributed by atoms with Crippen LogP contribution in [0.4, 0.5) is 4.79 Å². The topological polar surface area (TPSA) is 70.2 Å². The molecule has 0 radical (unpaired) electrons. The number of hydrogen-bond acceptors (Lipinski definition) is 3. The van der Waals surface area contributed by atoms with Gasteiger partial charge in [0.05, 0.1) is 0 Å². The Balaban J connectivity index is 1.72. The summed E-state index contributed by atoms with van der Waals surface area (Å²) in [5, 5.41) is 8.22. The first kappa shape index (κ1) is 13.1. The van der Waals surface area contributed by atoms with Gasteiger partial charge in [0.2, 0.25) is 5.91 Å². The number of carbonyl (C=O) groups excluding carboxylic acids is 2. The first-order chi connectivity index (χ1) is 8.66. The SMILES string of the molecule is C/C(=C\NC(=O)NC(=O)C1CCNCC1)C1CC1. The van der Waals surface area contributed by atoms with E-state index >= 15 is 0 Å². The van der Waals surface area contributed by atoms with Gasteiger partial charge in [0.25, 0.3) is 0 Å². The molecule has 1 saturated heterocycles. The summed E-state index contributed by atoms with van der Waals surface area (Å²) in [5.74, 6) is 0.433. The minimum atomic E-state index is -0.418. The summed E-state index contributed by atoms with van der Waals surface area (Å²) in [6.45, 7) is 3.70. The van der Waals surface area contributed by atoms with E-state index in [4.69, 9.17) is 0 Å². The lowest BCUT2D eigenvalue weighted by molar-refractivity contribution is -0.124. The van der Waals surface area contributed by atoms with Crippen molar-refractivity contribution in [1.29, 1.82) is 0 Å².